The summed E-state index contributed by atoms with van der Waals surface area (Å²) >= 11 is 0. The summed E-state index contributed by atoms with van der Waals surface area (Å²) in [4.78, 5) is 8.33. The molecular formula is C12H16N6O. The number of anilines is 2. The molecule has 0 amide bonds. The van der Waals surface area contributed by atoms with E-state index in [9.17, 15) is 0 Å². The minimum absolute atomic E-state index is 0.478. The summed E-state index contributed by atoms with van der Waals surface area (Å²) in [7, 11) is 1.65. The van der Waals surface area contributed by atoms with Crippen molar-refractivity contribution in [3.63, 3.8) is 0 Å². The summed E-state index contributed by atoms with van der Waals surface area (Å²) in [6.45, 7) is 1.90. The van der Waals surface area contributed by atoms with Gasteiger partial charge in [-0.05, 0) is 11.6 Å². The molecular weight excluding hydrogens is 244 g/mol. The molecule has 0 atom stereocenters. The number of methoxy groups -OCH3 is 1. The van der Waals surface area contributed by atoms with Crippen LogP contribution in [0.5, 0.6) is 0 Å². The number of hydrogen-bond donors (Lipinski definition) is 2. The van der Waals surface area contributed by atoms with Crippen LogP contribution in [0.2, 0.25) is 0 Å². The standard InChI is InChI=1S/C12H16N6O/c1-19-6-5-14-11-9-16-18-12(17-11)15-8-10-3-2-4-13-7-10/h2-4,7,9H,5-6,8H2,1H3,(H2,14,15,17,18). The zero-order valence-electron chi connectivity index (χ0n) is 10.7. The van der Waals surface area contributed by atoms with Crippen molar-refractivity contribution in [3.8, 4) is 0 Å². The molecule has 0 aliphatic heterocycles. The molecule has 0 aliphatic carbocycles. The highest BCUT2D eigenvalue weighted by Crippen LogP contribution is 2.05. The Balaban J connectivity index is 1.88. The molecule has 100 valence electrons. The third kappa shape index (κ3) is 4.47. The molecule has 0 spiro atoms. The van der Waals surface area contributed by atoms with Gasteiger partial charge in [0.25, 0.3) is 0 Å². The summed E-state index contributed by atoms with van der Waals surface area (Å²) < 4.78 is 4.95. The fraction of sp³-hybridized carbons (Fsp3) is 0.333. The Labute approximate surface area is 111 Å². The molecule has 2 aromatic rings. The highest BCUT2D eigenvalue weighted by Gasteiger charge is 2.00. The van der Waals surface area contributed by atoms with Crippen molar-refractivity contribution in [2.45, 2.75) is 6.54 Å². The predicted molar refractivity (Wildman–Crippen MR) is 71.8 cm³/mol. The van der Waals surface area contributed by atoms with E-state index in [0.717, 1.165) is 5.56 Å². The lowest BCUT2D eigenvalue weighted by atomic mass is 10.3. The Morgan fingerprint density at radius 3 is 3.00 bits per heavy atom. The second-order valence-corrected chi connectivity index (χ2v) is 3.80. The van der Waals surface area contributed by atoms with Gasteiger partial charge in [-0.1, -0.05) is 6.07 Å². The van der Waals surface area contributed by atoms with E-state index in [4.69, 9.17) is 4.74 Å². The normalized spacial score (nSPS) is 10.2. The van der Waals surface area contributed by atoms with Gasteiger partial charge in [0.1, 0.15) is 0 Å². The first kappa shape index (κ1) is 13.2. The van der Waals surface area contributed by atoms with E-state index in [2.05, 4.69) is 30.8 Å². The molecule has 0 radical (unpaired) electrons. The second kappa shape index (κ2) is 7.22. The number of rotatable bonds is 7. The molecule has 0 aromatic carbocycles. The van der Waals surface area contributed by atoms with Crippen LogP contribution >= 0.6 is 0 Å². The summed E-state index contributed by atoms with van der Waals surface area (Å²) in [5, 5.41) is 14.0. The van der Waals surface area contributed by atoms with E-state index in [1.165, 1.54) is 0 Å². The van der Waals surface area contributed by atoms with Crippen molar-refractivity contribution >= 4 is 11.8 Å². The smallest absolute Gasteiger partial charge is 0.244 e. The monoisotopic (exact) mass is 260 g/mol. The lowest BCUT2D eigenvalue weighted by Crippen LogP contribution is -2.11. The first-order valence-electron chi connectivity index (χ1n) is 5.94. The van der Waals surface area contributed by atoms with Gasteiger partial charge >= 0.3 is 0 Å². The van der Waals surface area contributed by atoms with Gasteiger partial charge in [0.05, 0.1) is 12.8 Å². The molecule has 0 saturated heterocycles. The molecule has 2 N–H and O–H groups in total. The number of ether oxygens (including phenoxy) is 1. The van der Waals surface area contributed by atoms with Gasteiger partial charge in [0.15, 0.2) is 5.82 Å². The first-order valence-corrected chi connectivity index (χ1v) is 5.94. The van der Waals surface area contributed by atoms with Crippen molar-refractivity contribution in [2.24, 2.45) is 0 Å². The summed E-state index contributed by atoms with van der Waals surface area (Å²) in [5.74, 6) is 1.15. The van der Waals surface area contributed by atoms with Gasteiger partial charge in [-0.3, -0.25) is 4.98 Å². The first-order chi connectivity index (χ1) is 9.38. The SMILES string of the molecule is COCCNc1cnnc(NCc2cccnc2)n1. The highest BCUT2D eigenvalue weighted by atomic mass is 16.5. The van der Waals surface area contributed by atoms with E-state index in [1.807, 2.05) is 12.1 Å². The molecule has 0 aliphatic rings. The van der Waals surface area contributed by atoms with E-state index in [-0.39, 0.29) is 0 Å². The Morgan fingerprint density at radius 2 is 2.21 bits per heavy atom. The van der Waals surface area contributed by atoms with Crippen molar-refractivity contribution in [1.82, 2.24) is 20.2 Å². The predicted octanol–water partition coefficient (Wildman–Crippen LogP) is 0.937. The summed E-state index contributed by atoms with van der Waals surface area (Å²) in [6, 6.07) is 3.87. The van der Waals surface area contributed by atoms with Gasteiger partial charge in [0.2, 0.25) is 5.95 Å². The van der Waals surface area contributed by atoms with Gasteiger partial charge in [-0.25, -0.2) is 0 Å². The molecule has 7 heteroatoms. The van der Waals surface area contributed by atoms with Crippen LogP contribution in [0.1, 0.15) is 5.56 Å². The molecule has 0 fully saturated rings. The molecule has 19 heavy (non-hydrogen) atoms. The lowest BCUT2D eigenvalue weighted by molar-refractivity contribution is 0.210. The van der Waals surface area contributed by atoms with Crippen molar-refractivity contribution in [3.05, 3.63) is 36.3 Å². The van der Waals surface area contributed by atoms with Gasteiger partial charge in [0, 0.05) is 32.6 Å². The Hall–Kier alpha value is -2.28. The third-order valence-electron chi connectivity index (χ3n) is 2.34. The minimum Gasteiger partial charge on any atom is -0.383 e. The highest BCUT2D eigenvalue weighted by molar-refractivity contribution is 5.37. The molecule has 2 rings (SSSR count). The van der Waals surface area contributed by atoms with Crippen LogP contribution in [0.15, 0.2) is 30.7 Å². The maximum absolute atomic E-state index is 4.95. The zero-order valence-corrected chi connectivity index (χ0v) is 10.7. The summed E-state index contributed by atoms with van der Waals surface area (Å²) in [6.07, 6.45) is 5.11. The van der Waals surface area contributed by atoms with E-state index >= 15 is 0 Å². The molecule has 7 nitrogen and oxygen atoms in total. The number of nitrogens with zero attached hydrogens (tertiary/aromatic N) is 4. The van der Waals surface area contributed by atoms with Crippen LogP contribution in [0.3, 0.4) is 0 Å². The zero-order chi connectivity index (χ0) is 13.3. The fourth-order valence-corrected chi connectivity index (χ4v) is 1.43. The molecule has 0 saturated carbocycles. The van der Waals surface area contributed by atoms with E-state index < -0.39 is 0 Å². The van der Waals surface area contributed by atoms with Crippen LogP contribution in [0.25, 0.3) is 0 Å². The van der Waals surface area contributed by atoms with Crippen LogP contribution in [-0.4, -0.2) is 40.4 Å². The van der Waals surface area contributed by atoms with Gasteiger partial charge in [-0.15, -0.1) is 5.10 Å². The van der Waals surface area contributed by atoms with E-state index in [0.29, 0.717) is 31.5 Å². The topological polar surface area (TPSA) is 84.9 Å². The molecule has 0 unspecified atom stereocenters. The lowest BCUT2D eigenvalue weighted by Gasteiger charge is -2.07. The van der Waals surface area contributed by atoms with Gasteiger partial charge < -0.3 is 15.4 Å². The van der Waals surface area contributed by atoms with Crippen LogP contribution < -0.4 is 10.6 Å². The number of aromatic nitrogens is 4. The van der Waals surface area contributed by atoms with Crippen molar-refractivity contribution < 1.29 is 4.74 Å². The van der Waals surface area contributed by atoms with Crippen LogP contribution in [0, 0.1) is 0 Å². The van der Waals surface area contributed by atoms with Gasteiger partial charge in [-0.2, -0.15) is 10.1 Å². The Bertz CT molecular complexity index is 493. The maximum atomic E-state index is 4.95. The third-order valence-corrected chi connectivity index (χ3v) is 2.34. The Kier molecular flexibility index (Phi) is 5.00. The average Bonchev–Trinajstić information content (AvgIpc) is 2.47. The Morgan fingerprint density at radius 1 is 1.26 bits per heavy atom. The second-order valence-electron chi connectivity index (χ2n) is 3.80. The number of hydrogen-bond acceptors (Lipinski definition) is 7. The number of pyridine rings is 1. The molecule has 2 heterocycles. The van der Waals surface area contributed by atoms with Crippen LogP contribution in [-0.2, 0) is 11.3 Å². The molecule has 2 aromatic heterocycles. The quantitative estimate of drug-likeness (QED) is 0.716. The maximum Gasteiger partial charge on any atom is 0.244 e. The fourth-order valence-electron chi connectivity index (χ4n) is 1.43. The molecule has 0 bridgehead atoms. The minimum atomic E-state index is 0.478. The summed E-state index contributed by atoms with van der Waals surface area (Å²) in [5.41, 5.74) is 1.06. The van der Waals surface area contributed by atoms with Crippen molar-refractivity contribution in [2.75, 3.05) is 30.9 Å². The van der Waals surface area contributed by atoms with E-state index in [1.54, 1.807) is 25.7 Å². The van der Waals surface area contributed by atoms with Crippen molar-refractivity contribution in [1.29, 1.82) is 0 Å². The van der Waals surface area contributed by atoms with Crippen LogP contribution in [0.4, 0.5) is 11.8 Å². The number of nitrogens with one attached hydrogen (secondary N) is 2. The largest absolute Gasteiger partial charge is 0.383 e. The average molecular weight is 260 g/mol.